The Morgan fingerprint density at radius 3 is 2.26 bits per heavy atom. The van der Waals surface area contributed by atoms with Gasteiger partial charge >= 0.3 is 5.97 Å². The summed E-state index contributed by atoms with van der Waals surface area (Å²) in [5, 5.41) is 17.3. The van der Waals surface area contributed by atoms with Gasteiger partial charge in [0.15, 0.2) is 11.5 Å². The largest absolute Gasteiger partial charge is 0.493 e. The van der Waals surface area contributed by atoms with Gasteiger partial charge in [0, 0.05) is 5.56 Å². The first-order valence-corrected chi connectivity index (χ1v) is 11.8. The third-order valence-electron chi connectivity index (χ3n) is 6.33. The lowest BCUT2D eigenvalue weighted by Gasteiger charge is -2.24. The van der Waals surface area contributed by atoms with E-state index in [1.54, 1.807) is 60.7 Å². The quantitative estimate of drug-likeness (QED) is 0.263. The minimum Gasteiger partial charge on any atom is -0.493 e. The molecule has 5 rings (SSSR count). The molecule has 0 saturated heterocycles. The number of carbonyl (C=O) groups excluding carboxylic acids is 1. The predicted molar refractivity (Wildman–Crippen MR) is 141 cm³/mol. The molecule has 0 saturated carbocycles. The number of hydrogen-bond donors (Lipinski definition) is 2. The summed E-state index contributed by atoms with van der Waals surface area (Å²) in [5.74, 6) is 0.785. The van der Waals surface area contributed by atoms with Crippen LogP contribution in [0, 0.1) is 11.3 Å². The van der Waals surface area contributed by atoms with Gasteiger partial charge in [-0.3, -0.25) is 5.10 Å². The van der Waals surface area contributed by atoms with Crippen LogP contribution in [0.25, 0.3) is 11.3 Å². The molecule has 0 radical (unpaired) electrons. The lowest BCUT2D eigenvalue weighted by atomic mass is 9.83. The highest BCUT2D eigenvalue weighted by atomic mass is 16.5. The molecule has 3 N–H and O–H groups in total. The van der Waals surface area contributed by atoms with Crippen molar-refractivity contribution in [2.75, 3.05) is 21.3 Å². The molecule has 10 heteroatoms. The van der Waals surface area contributed by atoms with Crippen molar-refractivity contribution in [3.8, 4) is 46.2 Å². The molecule has 4 aromatic rings. The van der Waals surface area contributed by atoms with Crippen LogP contribution in [0.3, 0.4) is 0 Å². The van der Waals surface area contributed by atoms with E-state index >= 15 is 0 Å². The number of aromatic nitrogens is 2. The van der Waals surface area contributed by atoms with Gasteiger partial charge < -0.3 is 29.4 Å². The number of H-pyrrole nitrogens is 1. The number of nitriles is 1. The van der Waals surface area contributed by atoms with Crippen LogP contribution in [0.5, 0.6) is 28.9 Å². The van der Waals surface area contributed by atoms with Gasteiger partial charge in [-0.05, 0) is 42.0 Å². The van der Waals surface area contributed by atoms with Crippen molar-refractivity contribution in [2.24, 2.45) is 5.73 Å². The highest BCUT2D eigenvalue weighted by Crippen LogP contribution is 2.48. The molecule has 0 unspecified atom stereocenters. The van der Waals surface area contributed by atoms with Gasteiger partial charge in [-0.25, -0.2) is 4.79 Å². The Bertz CT molecular complexity index is 1580. The maximum atomic E-state index is 12.5. The Labute approximate surface area is 224 Å². The van der Waals surface area contributed by atoms with E-state index in [2.05, 4.69) is 16.3 Å². The number of allylic oxidation sites excluding steroid dienone is 1. The summed E-state index contributed by atoms with van der Waals surface area (Å²) in [6.07, 6.45) is 0. The molecule has 0 aliphatic carbocycles. The molecule has 1 aromatic heterocycles. The smallest absolute Gasteiger partial charge is 0.343 e. The highest BCUT2D eigenvalue weighted by Gasteiger charge is 2.36. The molecule has 39 heavy (non-hydrogen) atoms. The molecule has 0 bridgehead atoms. The van der Waals surface area contributed by atoms with Crippen molar-refractivity contribution in [3.63, 3.8) is 0 Å². The highest BCUT2D eigenvalue weighted by molar-refractivity contribution is 5.91. The third-order valence-corrected chi connectivity index (χ3v) is 6.33. The van der Waals surface area contributed by atoms with E-state index in [1.165, 1.54) is 21.3 Å². The Hall–Kier alpha value is -5.43. The molecule has 10 nitrogen and oxygen atoms in total. The van der Waals surface area contributed by atoms with E-state index in [0.29, 0.717) is 50.9 Å². The van der Waals surface area contributed by atoms with Crippen molar-refractivity contribution in [1.29, 1.82) is 5.26 Å². The number of fused-ring (bicyclic) bond motifs is 1. The summed E-state index contributed by atoms with van der Waals surface area (Å²) in [6.45, 7) is 0. The van der Waals surface area contributed by atoms with Gasteiger partial charge in [0.1, 0.15) is 17.4 Å². The third kappa shape index (κ3) is 4.57. The zero-order valence-electron chi connectivity index (χ0n) is 21.3. The van der Waals surface area contributed by atoms with Crippen LogP contribution in [-0.2, 0) is 0 Å². The summed E-state index contributed by atoms with van der Waals surface area (Å²) in [6, 6.07) is 21.3. The Kier molecular flexibility index (Phi) is 6.80. The minimum absolute atomic E-state index is 0.0440. The molecule has 0 spiro atoms. The zero-order valence-corrected chi connectivity index (χ0v) is 21.3. The monoisotopic (exact) mass is 524 g/mol. The lowest BCUT2D eigenvalue weighted by molar-refractivity contribution is 0.0734. The van der Waals surface area contributed by atoms with E-state index < -0.39 is 11.9 Å². The van der Waals surface area contributed by atoms with Crippen LogP contribution in [0.1, 0.15) is 27.4 Å². The number of aromatic amines is 1. The number of nitrogens with zero attached hydrogens (tertiary/aromatic N) is 2. The second-order valence-electron chi connectivity index (χ2n) is 8.48. The van der Waals surface area contributed by atoms with E-state index in [1.807, 2.05) is 6.07 Å². The van der Waals surface area contributed by atoms with Crippen molar-refractivity contribution in [1.82, 2.24) is 10.2 Å². The predicted octanol–water partition coefficient (Wildman–Crippen LogP) is 4.54. The molecule has 1 aliphatic heterocycles. The number of ether oxygens (including phenoxy) is 5. The fourth-order valence-electron chi connectivity index (χ4n) is 4.49. The van der Waals surface area contributed by atoms with Gasteiger partial charge in [0.25, 0.3) is 0 Å². The first kappa shape index (κ1) is 25.2. The number of nitrogens with two attached hydrogens (primary N) is 1. The van der Waals surface area contributed by atoms with Crippen LogP contribution in [-0.4, -0.2) is 37.5 Å². The average molecular weight is 525 g/mol. The first-order valence-electron chi connectivity index (χ1n) is 11.8. The zero-order chi connectivity index (χ0) is 27.5. The average Bonchev–Trinajstić information content (AvgIpc) is 3.39. The summed E-state index contributed by atoms with van der Waals surface area (Å²) >= 11 is 0. The number of nitrogens with one attached hydrogen (secondary N) is 1. The molecule has 196 valence electrons. The fourth-order valence-corrected chi connectivity index (χ4v) is 4.49. The Morgan fingerprint density at radius 1 is 1.00 bits per heavy atom. The summed E-state index contributed by atoms with van der Waals surface area (Å²) in [7, 11) is 4.58. The van der Waals surface area contributed by atoms with Crippen molar-refractivity contribution in [2.45, 2.75) is 5.92 Å². The van der Waals surface area contributed by atoms with E-state index in [4.69, 9.17) is 29.4 Å². The maximum Gasteiger partial charge on any atom is 0.343 e. The van der Waals surface area contributed by atoms with E-state index in [-0.39, 0.29) is 17.3 Å². The topological polar surface area (TPSA) is 142 Å². The van der Waals surface area contributed by atoms with Crippen LogP contribution in [0.2, 0.25) is 0 Å². The number of carbonyl (C=O) groups is 1. The number of benzene rings is 3. The summed E-state index contributed by atoms with van der Waals surface area (Å²) < 4.78 is 27.7. The van der Waals surface area contributed by atoms with E-state index in [9.17, 15) is 10.1 Å². The van der Waals surface area contributed by atoms with Gasteiger partial charge in [0.05, 0.1) is 44.1 Å². The van der Waals surface area contributed by atoms with Crippen LogP contribution in [0.4, 0.5) is 0 Å². The summed E-state index contributed by atoms with van der Waals surface area (Å²) in [4.78, 5) is 12.5. The second-order valence-corrected chi connectivity index (χ2v) is 8.48. The molecule has 0 amide bonds. The normalized spacial score (nSPS) is 14.1. The molecule has 1 atom stereocenters. The number of esters is 1. The van der Waals surface area contributed by atoms with Gasteiger partial charge in [0.2, 0.25) is 17.5 Å². The molecule has 3 aromatic carbocycles. The van der Waals surface area contributed by atoms with Crippen molar-refractivity contribution < 1.29 is 28.5 Å². The SMILES string of the molecule is COc1cc(-c2[nH]nc3c2[C@@H](c2ccc(OC(=O)c4ccccc4)cc2)C(C#N)=C(N)O3)cc(OC)c1OC. The minimum atomic E-state index is -0.620. The Balaban J connectivity index is 1.56. The standard InChI is InChI=1S/C29H24N4O6/c1-35-21-13-18(14-22(36-2)26(21)37-3)25-24-23(20(15-30)27(31)39-28(24)33-32-25)16-9-11-19(12-10-16)38-29(34)17-7-5-4-6-8-17/h4-14,23H,31H2,1-3H3,(H,32,33)/t23-/m0/s1. The van der Waals surface area contributed by atoms with Crippen LogP contribution < -0.4 is 29.4 Å². The lowest BCUT2D eigenvalue weighted by Crippen LogP contribution is -2.21. The first-order chi connectivity index (χ1) is 19.0. The molecular weight excluding hydrogens is 500 g/mol. The summed E-state index contributed by atoms with van der Waals surface area (Å²) in [5.41, 5.74) is 9.34. The molecule has 0 fully saturated rings. The molecule has 1 aliphatic rings. The number of hydrogen-bond acceptors (Lipinski definition) is 9. The van der Waals surface area contributed by atoms with Crippen LogP contribution >= 0.6 is 0 Å². The number of methoxy groups -OCH3 is 3. The molecular formula is C29H24N4O6. The fraction of sp³-hybridized carbons (Fsp3) is 0.138. The van der Waals surface area contributed by atoms with Crippen molar-refractivity contribution >= 4 is 5.97 Å². The Morgan fingerprint density at radius 2 is 1.67 bits per heavy atom. The van der Waals surface area contributed by atoms with E-state index in [0.717, 1.165) is 0 Å². The van der Waals surface area contributed by atoms with Gasteiger partial charge in [-0.1, -0.05) is 30.3 Å². The second kappa shape index (κ2) is 10.5. The van der Waals surface area contributed by atoms with Crippen LogP contribution in [0.15, 0.2) is 78.2 Å². The molecule has 2 heterocycles. The maximum absolute atomic E-state index is 12.5. The van der Waals surface area contributed by atoms with Crippen molar-refractivity contribution in [3.05, 3.63) is 94.9 Å². The number of rotatable bonds is 7. The van der Waals surface area contributed by atoms with Gasteiger partial charge in [-0.15, -0.1) is 5.10 Å². The van der Waals surface area contributed by atoms with Gasteiger partial charge in [-0.2, -0.15) is 5.26 Å².